The molecule has 0 radical (unpaired) electrons. The quantitative estimate of drug-likeness (QED) is 0.455. The lowest BCUT2D eigenvalue weighted by molar-refractivity contribution is -0.179. The van der Waals surface area contributed by atoms with Crippen LogP contribution in [0, 0.1) is 39.4 Å². The Kier molecular flexibility index (Phi) is 6.36. The summed E-state index contributed by atoms with van der Waals surface area (Å²) in [6.45, 7) is 15.2. The Morgan fingerprint density at radius 1 is 1.15 bits per heavy atom. The normalized spacial score (nSPS) is 45.6. The molecule has 0 heterocycles. The van der Waals surface area contributed by atoms with Gasteiger partial charge in [0.2, 0.25) is 0 Å². The molecule has 192 valence electrons. The van der Waals surface area contributed by atoms with Crippen molar-refractivity contribution in [3.63, 3.8) is 0 Å². The van der Waals surface area contributed by atoms with Crippen LogP contribution < -0.4 is 0 Å². The molecule has 34 heavy (non-hydrogen) atoms. The van der Waals surface area contributed by atoms with E-state index in [0.717, 1.165) is 44.1 Å². The number of fused-ring (bicyclic) bond motifs is 5. The predicted molar refractivity (Wildman–Crippen MR) is 136 cm³/mol. The number of aliphatic hydroxyl groups is 3. The molecule has 4 heteroatoms. The molecule has 0 spiro atoms. The maximum Gasteiger partial charge on any atom is 0.140 e. The molecule has 4 aliphatic rings. The summed E-state index contributed by atoms with van der Waals surface area (Å²) in [6, 6.07) is 0. The van der Waals surface area contributed by atoms with Gasteiger partial charge in [-0.15, -0.1) is 0 Å². The first kappa shape index (κ1) is 26.1. The fraction of sp³-hybridized carbons (Fsp3) is 0.833. The van der Waals surface area contributed by atoms with Crippen molar-refractivity contribution in [3.05, 3.63) is 23.3 Å². The van der Waals surface area contributed by atoms with Gasteiger partial charge in [0.05, 0.1) is 18.3 Å². The molecule has 0 aromatic carbocycles. The minimum absolute atomic E-state index is 0.0105. The molecule has 0 aromatic heterocycles. The zero-order chi connectivity index (χ0) is 25.3. The van der Waals surface area contributed by atoms with Crippen LogP contribution in [0.15, 0.2) is 23.3 Å². The fourth-order valence-corrected chi connectivity index (χ4v) is 9.27. The Balaban J connectivity index is 1.69. The van der Waals surface area contributed by atoms with Crippen LogP contribution in [-0.4, -0.2) is 39.4 Å². The lowest BCUT2D eigenvalue weighted by Crippen LogP contribution is -2.64. The van der Waals surface area contributed by atoms with Crippen LogP contribution in [0.1, 0.15) is 99.8 Å². The summed E-state index contributed by atoms with van der Waals surface area (Å²) in [4.78, 5) is 14.2. The van der Waals surface area contributed by atoms with E-state index in [-0.39, 0.29) is 46.7 Å². The first-order chi connectivity index (χ1) is 15.7. The maximum atomic E-state index is 14.2. The van der Waals surface area contributed by atoms with E-state index in [1.165, 1.54) is 5.57 Å². The van der Waals surface area contributed by atoms with E-state index in [0.29, 0.717) is 18.6 Å². The van der Waals surface area contributed by atoms with Crippen LogP contribution in [-0.2, 0) is 4.79 Å². The van der Waals surface area contributed by atoms with Crippen LogP contribution in [0.5, 0.6) is 0 Å². The third-order valence-electron chi connectivity index (χ3n) is 11.8. The molecule has 3 saturated carbocycles. The number of hydrogen-bond acceptors (Lipinski definition) is 4. The van der Waals surface area contributed by atoms with Gasteiger partial charge in [0.1, 0.15) is 5.78 Å². The number of allylic oxidation sites excluding steroid dienone is 2. The van der Waals surface area contributed by atoms with Crippen LogP contribution >= 0.6 is 0 Å². The number of aliphatic hydroxyl groups excluding tert-OH is 2. The minimum atomic E-state index is -0.848. The summed E-state index contributed by atoms with van der Waals surface area (Å²) in [6.07, 6.45) is 10.5. The highest BCUT2D eigenvalue weighted by Crippen LogP contribution is 2.74. The van der Waals surface area contributed by atoms with Crippen LogP contribution in [0.3, 0.4) is 0 Å². The first-order valence-corrected chi connectivity index (χ1v) is 13.6. The van der Waals surface area contributed by atoms with E-state index in [1.807, 2.05) is 19.9 Å². The van der Waals surface area contributed by atoms with Crippen molar-refractivity contribution in [2.45, 2.75) is 112 Å². The highest BCUT2D eigenvalue weighted by molar-refractivity contribution is 5.88. The zero-order valence-corrected chi connectivity index (χ0v) is 22.6. The van der Waals surface area contributed by atoms with Gasteiger partial charge in [-0.05, 0) is 87.4 Å². The van der Waals surface area contributed by atoms with E-state index in [4.69, 9.17) is 0 Å². The van der Waals surface area contributed by atoms with Crippen LogP contribution in [0.25, 0.3) is 0 Å². The smallest absolute Gasteiger partial charge is 0.140 e. The molecular formula is C30H48O4. The Labute approximate surface area is 206 Å². The average Bonchev–Trinajstić information content (AvgIpc) is 3.02. The summed E-state index contributed by atoms with van der Waals surface area (Å²) in [5.74, 6) is 0.934. The lowest BCUT2D eigenvalue weighted by atomic mass is 9.38. The molecule has 0 unspecified atom stereocenters. The van der Waals surface area contributed by atoms with Crippen molar-refractivity contribution in [1.29, 1.82) is 0 Å². The molecule has 0 bridgehead atoms. The van der Waals surface area contributed by atoms with Crippen LogP contribution in [0.4, 0.5) is 0 Å². The molecule has 0 amide bonds. The van der Waals surface area contributed by atoms with E-state index in [9.17, 15) is 20.1 Å². The Hall–Kier alpha value is -0.970. The topological polar surface area (TPSA) is 77.8 Å². The molecule has 0 aliphatic heterocycles. The number of carbonyl (C=O) groups excluding carboxylic acids is 1. The SMILES string of the molecule is C/C(=C\CC[C@](C)(O)[C@H]1CC[C@@]2(C)[C@H]3CC=C4[C@@H](CC[C@H](O)C4(C)C)[C@]3(C)C(=O)C[C@]12C)CO. The number of hydrogen-bond donors (Lipinski definition) is 3. The summed E-state index contributed by atoms with van der Waals surface area (Å²) < 4.78 is 0. The van der Waals surface area contributed by atoms with Gasteiger partial charge in [0.15, 0.2) is 0 Å². The molecular weight excluding hydrogens is 424 g/mol. The summed E-state index contributed by atoms with van der Waals surface area (Å²) in [7, 11) is 0. The van der Waals surface area contributed by atoms with Gasteiger partial charge in [-0.3, -0.25) is 4.79 Å². The van der Waals surface area contributed by atoms with Gasteiger partial charge >= 0.3 is 0 Å². The molecule has 4 nitrogen and oxygen atoms in total. The molecule has 8 atom stereocenters. The van der Waals surface area contributed by atoms with Gasteiger partial charge < -0.3 is 15.3 Å². The van der Waals surface area contributed by atoms with Gasteiger partial charge in [0, 0.05) is 17.3 Å². The highest BCUT2D eigenvalue weighted by Gasteiger charge is 2.71. The second kappa shape index (κ2) is 8.28. The number of Topliss-reactive ketones (excluding diaryl/α,β-unsaturated/α-hetero) is 1. The third-order valence-corrected chi connectivity index (χ3v) is 11.8. The van der Waals surface area contributed by atoms with Crippen molar-refractivity contribution >= 4 is 5.78 Å². The van der Waals surface area contributed by atoms with Crippen molar-refractivity contribution in [3.8, 4) is 0 Å². The average molecular weight is 473 g/mol. The summed E-state index contributed by atoms with van der Waals surface area (Å²) >= 11 is 0. The lowest BCUT2D eigenvalue weighted by Gasteiger charge is -2.65. The third kappa shape index (κ3) is 3.45. The van der Waals surface area contributed by atoms with Crippen molar-refractivity contribution in [1.82, 2.24) is 0 Å². The van der Waals surface area contributed by atoms with E-state index < -0.39 is 11.0 Å². The van der Waals surface area contributed by atoms with E-state index >= 15 is 0 Å². The van der Waals surface area contributed by atoms with Crippen molar-refractivity contribution in [2.24, 2.45) is 39.4 Å². The molecule has 3 N–H and O–H groups in total. The van der Waals surface area contributed by atoms with E-state index in [1.54, 1.807) is 0 Å². The zero-order valence-electron chi connectivity index (χ0n) is 22.6. The second-order valence-electron chi connectivity index (χ2n) is 13.7. The molecule has 3 fully saturated rings. The number of ketones is 1. The molecule has 4 rings (SSSR count). The van der Waals surface area contributed by atoms with Gasteiger partial charge in [-0.25, -0.2) is 0 Å². The highest BCUT2D eigenvalue weighted by atomic mass is 16.3. The van der Waals surface area contributed by atoms with Crippen molar-refractivity contribution < 1.29 is 20.1 Å². The fourth-order valence-electron chi connectivity index (χ4n) is 9.27. The predicted octanol–water partition coefficient (Wildman–Crippen LogP) is 5.60. The van der Waals surface area contributed by atoms with Crippen molar-refractivity contribution in [2.75, 3.05) is 6.61 Å². The Bertz CT molecular complexity index is 897. The standard InChI is InChI=1S/C30H48O4/c1-19(18-31)9-8-15-29(6,34)22-14-16-27(4)23-12-10-20-21(11-13-24(32)26(20,2)3)30(23,7)25(33)17-28(22,27)5/h9-10,21-24,31-32,34H,8,11-18H2,1-7H3/b19-9+/t21-,22+,23-,24+,27+,28-,29+,30+/m1/s1. The van der Waals surface area contributed by atoms with Gasteiger partial charge in [-0.2, -0.15) is 0 Å². The Morgan fingerprint density at radius 2 is 1.82 bits per heavy atom. The van der Waals surface area contributed by atoms with Gasteiger partial charge in [-0.1, -0.05) is 57.9 Å². The summed E-state index contributed by atoms with van der Waals surface area (Å²) in [5.41, 5.74) is 0.481. The summed E-state index contributed by atoms with van der Waals surface area (Å²) in [5, 5.41) is 31.8. The monoisotopic (exact) mass is 472 g/mol. The maximum absolute atomic E-state index is 14.2. The molecule has 0 saturated heterocycles. The number of rotatable bonds is 5. The molecule has 4 aliphatic carbocycles. The largest absolute Gasteiger partial charge is 0.392 e. The minimum Gasteiger partial charge on any atom is -0.392 e. The second-order valence-corrected chi connectivity index (χ2v) is 13.7. The molecule has 0 aromatic rings. The van der Waals surface area contributed by atoms with Gasteiger partial charge in [0.25, 0.3) is 0 Å². The number of carbonyl (C=O) groups is 1. The Morgan fingerprint density at radius 3 is 2.47 bits per heavy atom. The van der Waals surface area contributed by atoms with Crippen LogP contribution in [0.2, 0.25) is 0 Å². The first-order valence-electron chi connectivity index (χ1n) is 13.6. The van der Waals surface area contributed by atoms with E-state index in [2.05, 4.69) is 40.7 Å².